The number of amides is 1. The van der Waals surface area contributed by atoms with Gasteiger partial charge in [-0.1, -0.05) is 78.4 Å². The minimum Gasteiger partial charge on any atom is -0.332 e. The average molecular weight is 439 g/mol. The SMILES string of the molecule is Cc1ccc(-n2nc(-c3ccccc3)cc2C(=O)N(CCN(C)C)Cc2ccccc2)cc1. The van der Waals surface area contributed by atoms with Gasteiger partial charge < -0.3 is 9.80 Å². The van der Waals surface area contributed by atoms with Gasteiger partial charge in [0.25, 0.3) is 5.91 Å². The summed E-state index contributed by atoms with van der Waals surface area (Å²) in [6.07, 6.45) is 0. The Morgan fingerprint density at radius 2 is 1.48 bits per heavy atom. The maximum Gasteiger partial charge on any atom is 0.272 e. The van der Waals surface area contributed by atoms with Crippen molar-refractivity contribution in [3.05, 3.63) is 108 Å². The van der Waals surface area contributed by atoms with Crippen molar-refractivity contribution in [2.45, 2.75) is 13.5 Å². The Hall–Kier alpha value is -3.70. The highest BCUT2D eigenvalue weighted by atomic mass is 16.2. The van der Waals surface area contributed by atoms with Crippen LogP contribution in [-0.2, 0) is 6.54 Å². The summed E-state index contributed by atoms with van der Waals surface area (Å²) in [5.74, 6) is -0.0315. The van der Waals surface area contributed by atoms with Crippen LogP contribution in [0.1, 0.15) is 21.6 Å². The Labute approximate surface area is 195 Å². The van der Waals surface area contributed by atoms with Crippen LogP contribution in [0.2, 0.25) is 0 Å². The molecule has 5 heteroatoms. The minimum atomic E-state index is -0.0315. The number of aromatic nitrogens is 2. The number of likely N-dealkylation sites (N-methyl/N-ethyl adjacent to an activating group) is 1. The molecule has 168 valence electrons. The standard InChI is InChI=1S/C28H30N4O/c1-22-14-16-25(17-15-22)32-27(20-26(29-32)24-12-8-5-9-13-24)28(33)31(19-18-30(2)3)21-23-10-6-4-7-11-23/h4-17,20H,18-19,21H2,1-3H3. The molecule has 0 unspecified atom stereocenters. The van der Waals surface area contributed by atoms with Crippen LogP contribution in [0.3, 0.4) is 0 Å². The highest BCUT2D eigenvalue weighted by molar-refractivity contribution is 5.94. The average Bonchev–Trinajstić information content (AvgIpc) is 3.28. The molecule has 0 aliphatic rings. The van der Waals surface area contributed by atoms with Gasteiger partial charge in [-0.25, -0.2) is 4.68 Å². The molecule has 3 aromatic carbocycles. The fourth-order valence-electron chi connectivity index (χ4n) is 3.71. The zero-order valence-corrected chi connectivity index (χ0v) is 19.5. The number of benzene rings is 3. The molecule has 5 nitrogen and oxygen atoms in total. The summed E-state index contributed by atoms with van der Waals surface area (Å²) >= 11 is 0. The Bertz CT molecular complexity index is 1180. The van der Waals surface area contributed by atoms with Crippen molar-refractivity contribution in [2.75, 3.05) is 27.2 Å². The van der Waals surface area contributed by atoms with Crippen LogP contribution < -0.4 is 0 Å². The van der Waals surface area contributed by atoms with Gasteiger partial charge in [0.1, 0.15) is 5.69 Å². The number of rotatable bonds is 8. The first-order valence-electron chi connectivity index (χ1n) is 11.2. The Morgan fingerprint density at radius 1 is 0.848 bits per heavy atom. The molecule has 0 aliphatic carbocycles. The first kappa shape index (κ1) is 22.5. The second-order valence-electron chi connectivity index (χ2n) is 8.54. The summed E-state index contributed by atoms with van der Waals surface area (Å²) in [5.41, 5.74) is 5.48. The lowest BCUT2D eigenvalue weighted by Gasteiger charge is -2.25. The third-order valence-electron chi connectivity index (χ3n) is 5.60. The van der Waals surface area contributed by atoms with E-state index >= 15 is 0 Å². The maximum absolute atomic E-state index is 13.9. The zero-order valence-electron chi connectivity index (χ0n) is 19.5. The van der Waals surface area contributed by atoms with Crippen molar-refractivity contribution in [2.24, 2.45) is 0 Å². The number of nitrogens with zero attached hydrogens (tertiary/aromatic N) is 4. The zero-order chi connectivity index (χ0) is 23.2. The van der Waals surface area contributed by atoms with Gasteiger partial charge in [0.05, 0.1) is 11.4 Å². The highest BCUT2D eigenvalue weighted by Crippen LogP contribution is 2.23. The molecule has 4 aromatic rings. The van der Waals surface area contributed by atoms with Crippen molar-refractivity contribution < 1.29 is 4.79 Å². The van der Waals surface area contributed by atoms with Gasteiger partial charge in [-0.15, -0.1) is 0 Å². The summed E-state index contributed by atoms with van der Waals surface area (Å²) in [6.45, 7) is 4.01. The molecule has 1 heterocycles. The molecule has 4 rings (SSSR count). The van der Waals surface area contributed by atoms with E-state index in [1.54, 1.807) is 4.68 Å². The number of carbonyl (C=O) groups is 1. The Balaban J connectivity index is 1.75. The lowest BCUT2D eigenvalue weighted by molar-refractivity contribution is 0.0722. The van der Waals surface area contributed by atoms with Gasteiger partial charge in [-0.3, -0.25) is 4.79 Å². The summed E-state index contributed by atoms with van der Waals surface area (Å²) in [5, 5.41) is 4.84. The predicted octanol–water partition coefficient (Wildman–Crippen LogP) is 5.05. The summed E-state index contributed by atoms with van der Waals surface area (Å²) in [7, 11) is 4.05. The molecular weight excluding hydrogens is 408 g/mol. The molecule has 0 saturated heterocycles. The van der Waals surface area contributed by atoms with Gasteiger partial charge in [-0.05, 0) is 44.8 Å². The lowest BCUT2D eigenvalue weighted by atomic mass is 10.1. The minimum absolute atomic E-state index is 0.0315. The fourth-order valence-corrected chi connectivity index (χ4v) is 3.71. The van der Waals surface area contributed by atoms with Crippen molar-refractivity contribution in [3.8, 4) is 16.9 Å². The molecule has 1 aromatic heterocycles. The van der Waals surface area contributed by atoms with E-state index in [-0.39, 0.29) is 5.91 Å². The van der Waals surface area contributed by atoms with Crippen molar-refractivity contribution >= 4 is 5.91 Å². The van der Waals surface area contributed by atoms with E-state index < -0.39 is 0 Å². The van der Waals surface area contributed by atoms with Crippen LogP contribution in [0.25, 0.3) is 16.9 Å². The molecule has 0 radical (unpaired) electrons. The van der Waals surface area contributed by atoms with Crippen LogP contribution in [0.5, 0.6) is 0 Å². The van der Waals surface area contributed by atoms with Gasteiger partial charge >= 0.3 is 0 Å². The molecular formula is C28H30N4O. The molecule has 0 fully saturated rings. The van der Waals surface area contributed by atoms with Crippen LogP contribution in [-0.4, -0.2) is 52.7 Å². The van der Waals surface area contributed by atoms with E-state index in [0.717, 1.165) is 29.1 Å². The third-order valence-corrected chi connectivity index (χ3v) is 5.60. The van der Waals surface area contributed by atoms with Gasteiger partial charge in [0.2, 0.25) is 0 Å². The smallest absolute Gasteiger partial charge is 0.272 e. The van der Waals surface area contributed by atoms with Gasteiger partial charge in [-0.2, -0.15) is 5.10 Å². The topological polar surface area (TPSA) is 41.4 Å². The number of hydrogen-bond acceptors (Lipinski definition) is 3. The summed E-state index contributed by atoms with van der Waals surface area (Å²) in [6, 6.07) is 30.1. The summed E-state index contributed by atoms with van der Waals surface area (Å²) in [4.78, 5) is 17.9. The van der Waals surface area contributed by atoms with Gasteiger partial charge in [0.15, 0.2) is 0 Å². The highest BCUT2D eigenvalue weighted by Gasteiger charge is 2.23. The van der Waals surface area contributed by atoms with Crippen LogP contribution in [0.4, 0.5) is 0 Å². The van der Waals surface area contributed by atoms with Crippen LogP contribution in [0.15, 0.2) is 91.0 Å². The molecule has 0 N–H and O–H groups in total. The van der Waals surface area contributed by atoms with Crippen molar-refractivity contribution in [3.63, 3.8) is 0 Å². The van der Waals surface area contributed by atoms with Crippen molar-refractivity contribution in [1.29, 1.82) is 0 Å². The van der Waals surface area contributed by atoms with E-state index in [2.05, 4.69) is 24.0 Å². The Morgan fingerprint density at radius 3 is 2.12 bits per heavy atom. The van der Waals surface area contributed by atoms with Gasteiger partial charge in [0, 0.05) is 25.2 Å². The molecule has 33 heavy (non-hydrogen) atoms. The number of carbonyl (C=O) groups excluding carboxylic acids is 1. The molecule has 0 bridgehead atoms. The first-order chi connectivity index (χ1) is 16.0. The largest absolute Gasteiger partial charge is 0.332 e. The second kappa shape index (κ2) is 10.3. The monoisotopic (exact) mass is 438 g/mol. The van der Waals surface area contributed by atoms with Crippen molar-refractivity contribution in [1.82, 2.24) is 19.6 Å². The first-order valence-corrected chi connectivity index (χ1v) is 11.2. The maximum atomic E-state index is 13.9. The van der Waals surface area contributed by atoms with E-state index in [9.17, 15) is 4.79 Å². The fraction of sp³-hybridized carbons (Fsp3) is 0.214. The number of hydrogen-bond donors (Lipinski definition) is 0. The molecule has 0 spiro atoms. The van der Waals surface area contributed by atoms with E-state index in [1.807, 2.05) is 97.9 Å². The van der Waals surface area contributed by atoms with Crippen LogP contribution >= 0.6 is 0 Å². The number of aryl methyl sites for hydroxylation is 1. The molecule has 1 amide bonds. The summed E-state index contributed by atoms with van der Waals surface area (Å²) < 4.78 is 1.78. The quantitative estimate of drug-likeness (QED) is 0.386. The van der Waals surface area contributed by atoms with E-state index in [1.165, 1.54) is 5.56 Å². The van der Waals surface area contributed by atoms with Crippen LogP contribution in [0, 0.1) is 6.92 Å². The lowest BCUT2D eigenvalue weighted by Crippen LogP contribution is -2.37. The molecule has 0 saturated carbocycles. The predicted molar refractivity (Wildman–Crippen MR) is 133 cm³/mol. The second-order valence-corrected chi connectivity index (χ2v) is 8.54. The van der Waals surface area contributed by atoms with E-state index in [0.29, 0.717) is 18.8 Å². The normalized spacial score (nSPS) is 11.0. The molecule has 0 atom stereocenters. The Kier molecular flexibility index (Phi) is 7.01. The molecule has 0 aliphatic heterocycles. The third kappa shape index (κ3) is 5.57. The van der Waals surface area contributed by atoms with E-state index in [4.69, 9.17) is 5.10 Å².